The van der Waals surface area contributed by atoms with E-state index in [1.807, 2.05) is 38.2 Å². The molecule has 0 amide bonds. The van der Waals surface area contributed by atoms with Gasteiger partial charge in [0.25, 0.3) is 10.0 Å². The lowest BCUT2D eigenvalue weighted by molar-refractivity contribution is 0.601. The molecule has 0 spiro atoms. The summed E-state index contributed by atoms with van der Waals surface area (Å²) in [5.74, 6) is 0. The molecule has 2 aromatic carbocycles. The number of likely N-dealkylation sites (N-methyl/N-ethyl adjacent to an activating group) is 1. The number of pyridine rings is 1. The molecule has 0 aliphatic rings. The highest BCUT2D eigenvalue weighted by atomic mass is 32.2. The number of rotatable bonds is 7. The Bertz CT molecular complexity index is 970. The molecule has 3 aromatic rings. The van der Waals surface area contributed by atoms with Crippen LogP contribution >= 0.6 is 0 Å². The summed E-state index contributed by atoms with van der Waals surface area (Å²) in [6, 6.07) is 18.2. The zero-order valence-electron chi connectivity index (χ0n) is 15.5. The topological polar surface area (TPSA) is 62.3 Å². The zero-order valence-corrected chi connectivity index (χ0v) is 16.3. The van der Waals surface area contributed by atoms with Crippen LogP contribution in [0.5, 0.6) is 0 Å². The van der Waals surface area contributed by atoms with Gasteiger partial charge in [-0.2, -0.15) is 0 Å². The molecule has 3 rings (SSSR count). The first-order valence-electron chi connectivity index (χ1n) is 8.74. The number of hydrogen-bond acceptors (Lipinski definition) is 4. The van der Waals surface area contributed by atoms with Gasteiger partial charge in [-0.3, -0.25) is 9.71 Å². The second-order valence-electron chi connectivity index (χ2n) is 6.49. The van der Waals surface area contributed by atoms with Gasteiger partial charge in [0, 0.05) is 37.4 Å². The summed E-state index contributed by atoms with van der Waals surface area (Å²) < 4.78 is 27.6. The van der Waals surface area contributed by atoms with E-state index < -0.39 is 10.0 Å². The number of aryl methyl sites for hydroxylation is 1. The van der Waals surface area contributed by atoms with Gasteiger partial charge in [0.2, 0.25) is 0 Å². The van der Waals surface area contributed by atoms with Crippen LogP contribution in [-0.2, 0) is 16.4 Å². The Balaban J connectivity index is 1.63. The fraction of sp³-hybridized carbons (Fsp3) is 0.190. The quantitative estimate of drug-likeness (QED) is 0.675. The summed E-state index contributed by atoms with van der Waals surface area (Å²) in [6.07, 6.45) is 4.51. The molecule has 0 aliphatic heterocycles. The first-order chi connectivity index (χ1) is 12.9. The lowest BCUT2D eigenvalue weighted by atomic mass is 10.2. The molecule has 0 saturated carbocycles. The number of sulfonamides is 1. The van der Waals surface area contributed by atoms with Crippen molar-refractivity contribution in [2.75, 3.05) is 23.2 Å². The summed E-state index contributed by atoms with van der Waals surface area (Å²) in [4.78, 5) is 6.42. The smallest absolute Gasteiger partial charge is 0.261 e. The molecular formula is C21H23N3O2S. The van der Waals surface area contributed by atoms with E-state index in [1.165, 1.54) is 5.56 Å². The van der Waals surface area contributed by atoms with Crippen LogP contribution in [0.1, 0.15) is 11.1 Å². The highest BCUT2D eigenvalue weighted by Crippen LogP contribution is 2.20. The zero-order chi connectivity index (χ0) is 19.3. The molecule has 1 heterocycles. The van der Waals surface area contributed by atoms with Gasteiger partial charge in [0.1, 0.15) is 0 Å². The predicted molar refractivity (Wildman–Crippen MR) is 110 cm³/mol. The standard InChI is InChI=1S/C21H23N3O2S/c1-17-3-9-21(10-4-17)27(25,26)23-19-5-7-20(8-6-19)24(2)16-13-18-11-14-22-15-12-18/h3-12,14-15,23H,13,16H2,1-2H3. The van der Waals surface area contributed by atoms with Crippen molar-refractivity contribution in [2.45, 2.75) is 18.2 Å². The van der Waals surface area contributed by atoms with Gasteiger partial charge in [-0.1, -0.05) is 17.7 Å². The van der Waals surface area contributed by atoms with E-state index in [2.05, 4.69) is 14.6 Å². The molecule has 6 heteroatoms. The molecule has 0 fully saturated rings. The number of nitrogens with one attached hydrogen (secondary N) is 1. The number of anilines is 2. The Labute approximate surface area is 160 Å². The van der Waals surface area contributed by atoms with Crippen molar-refractivity contribution in [3.8, 4) is 0 Å². The van der Waals surface area contributed by atoms with Gasteiger partial charge < -0.3 is 4.90 Å². The maximum atomic E-state index is 12.5. The Morgan fingerprint density at radius 2 is 1.56 bits per heavy atom. The van der Waals surface area contributed by atoms with Gasteiger partial charge >= 0.3 is 0 Å². The van der Waals surface area contributed by atoms with Crippen LogP contribution in [0.25, 0.3) is 0 Å². The molecule has 0 atom stereocenters. The SMILES string of the molecule is Cc1ccc(S(=O)(=O)Nc2ccc(N(C)CCc3ccncc3)cc2)cc1. The Hall–Kier alpha value is -2.86. The third kappa shape index (κ3) is 5.08. The first-order valence-corrected chi connectivity index (χ1v) is 10.2. The number of benzene rings is 2. The molecule has 140 valence electrons. The minimum absolute atomic E-state index is 0.256. The van der Waals surface area contributed by atoms with Crippen LogP contribution in [0.2, 0.25) is 0 Å². The number of aromatic nitrogens is 1. The average molecular weight is 382 g/mol. The predicted octanol–water partition coefficient (Wildman–Crippen LogP) is 3.87. The maximum Gasteiger partial charge on any atom is 0.261 e. The second-order valence-corrected chi connectivity index (χ2v) is 8.17. The molecule has 0 aliphatic carbocycles. The lowest BCUT2D eigenvalue weighted by Crippen LogP contribution is -2.20. The van der Waals surface area contributed by atoms with E-state index in [-0.39, 0.29) is 4.90 Å². The second kappa shape index (κ2) is 8.22. The fourth-order valence-corrected chi connectivity index (χ4v) is 3.75. The number of nitrogens with zero attached hydrogens (tertiary/aromatic N) is 2. The van der Waals surface area contributed by atoms with Crippen LogP contribution in [-0.4, -0.2) is 27.0 Å². The van der Waals surface area contributed by atoms with Crippen molar-refractivity contribution in [3.05, 3.63) is 84.2 Å². The Morgan fingerprint density at radius 3 is 2.19 bits per heavy atom. The van der Waals surface area contributed by atoms with Crippen molar-refractivity contribution >= 4 is 21.4 Å². The van der Waals surface area contributed by atoms with E-state index in [0.29, 0.717) is 5.69 Å². The summed E-state index contributed by atoms with van der Waals surface area (Å²) >= 11 is 0. The van der Waals surface area contributed by atoms with Crippen LogP contribution in [0.3, 0.4) is 0 Å². The number of hydrogen-bond donors (Lipinski definition) is 1. The van der Waals surface area contributed by atoms with Crippen molar-refractivity contribution in [3.63, 3.8) is 0 Å². The third-order valence-corrected chi connectivity index (χ3v) is 5.77. The highest BCUT2D eigenvalue weighted by molar-refractivity contribution is 7.92. The summed E-state index contributed by atoms with van der Waals surface area (Å²) in [7, 11) is -1.56. The molecular weight excluding hydrogens is 358 g/mol. The van der Waals surface area contributed by atoms with Gasteiger partial charge in [-0.15, -0.1) is 0 Å². The Kier molecular flexibility index (Phi) is 5.76. The van der Waals surface area contributed by atoms with Crippen LogP contribution in [0.4, 0.5) is 11.4 Å². The third-order valence-electron chi connectivity index (χ3n) is 4.38. The van der Waals surface area contributed by atoms with Gasteiger partial charge in [0.15, 0.2) is 0 Å². The van der Waals surface area contributed by atoms with E-state index in [0.717, 1.165) is 24.2 Å². The van der Waals surface area contributed by atoms with E-state index in [1.54, 1.807) is 48.8 Å². The van der Waals surface area contributed by atoms with Crippen molar-refractivity contribution in [2.24, 2.45) is 0 Å². The molecule has 0 saturated heterocycles. The highest BCUT2D eigenvalue weighted by Gasteiger charge is 2.13. The Morgan fingerprint density at radius 1 is 0.926 bits per heavy atom. The van der Waals surface area contributed by atoms with Gasteiger partial charge in [-0.05, 0) is 67.4 Å². The molecule has 5 nitrogen and oxygen atoms in total. The van der Waals surface area contributed by atoms with E-state index in [9.17, 15) is 8.42 Å². The lowest BCUT2D eigenvalue weighted by Gasteiger charge is -2.19. The normalized spacial score (nSPS) is 11.2. The van der Waals surface area contributed by atoms with Crippen LogP contribution in [0.15, 0.2) is 78.0 Å². The van der Waals surface area contributed by atoms with Crippen molar-refractivity contribution < 1.29 is 8.42 Å². The van der Waals surface area contributed by atoms with Gasteiger partial charge in [0.05, 0.1) is 4.90 Å². The summed E-state index contributed by atoms with van der Waals surface area (Å²) in [5.41, 5.74) is 3.83. The van der Waals surface area contributed by atoms with Crippen molar-refractivity contribution in [1.82, 2.24) is 4.98 Å². The largest absolute Gasteiger partial charge is 0.374 e. The summed E-state index contributed by atoms with van der Waals surface area (Å²) in [6.45, 7) is 2.78. The van der Waals surface area contributed by atoms with Crippen molar-refractivity contribution in [1.29, 1.82) is 0 Å². The minimum Gasteiger partial charge on any atom is -0.374 e. The molecule has 27 heavy (non-hydrogen) atoms. The molecule has 0 unspecified atom stereocenters. The minimum atomic E-state index is -3.58. The monoisotopic (exact) mass is 381 g/mol. The first kappa shape index (κ1) is 18.9. The molecule has 1 N–H and O–H groups in total. The maximum absolute atomic E-state index is 12.5. The summed E-state index contributed by atoms with van der Waals surface area (Å²) in [5, 5.41) is 0. The molecule has 0 radical (unpaired) electrons. The van der Waals surface area contributed by atoms with Crippen LogP contribution in [0, 0.1) is 6.92 Å². The molecule has 1 aromatic heterocycles. The van der Waals surface area contributed by atoms with E-state index >= 15 is 0 Å². The van der Waals surface area contributed by atoms with E-state index in [4.69, 9.17) is 0 Å². The fourth-order valence-electron chi connectivity index (χ4n) is 2.69. The van der Waals surface area contributed by atoms with Gasteiger partial charge in [-0.25, -0.2) is 8.42 Å². The molecule has 0 bridgehead atoms. The van der Waals surface area contributed by atoms with Crippen LogP contribution < -0.4 is 9.62 Å². The average Bonchev–Trinajstić information content (AvgIpc) is 2.67.